The third-order valence-electron chi connectivity index (χ3n) is 1.51. The van der Waals surface area contributed by atoms with Crippen molar-refractivity contribution in [2.45, 2.75) is 12.8 Å². The SMILES string of the molecule is N#C[CH]CCc1ccccc1. The van der Waals surface area contributed by atoms with Crippen LogP contribution in [0.2, 0.25) is 0 Å². The first-order valence-corrected chi connectivity index (χ1v) is 3.68. The van der Waals surface area contributed by atoms with Gasteiger partial charge in [-0.1, -0.05) is 30.3 Å². The third kappa shape index (κ3) is 2.86. The van der Waals surface area contributed by atoms with Crippen LogP contribution in [0.25, 0.3) is 0 Å². The molecule has 55 valence electrons. The van der Waals surface area contributed by atoms with Crippen LogP contribution in [-0.4, -0.2) is 0 Å². The highest BCUT2D eigenvalue weighted by Gasteiger charge is 1.89. The number of hydrogen-bond donors (Lipinski definition) is 0. The zero-order valence-electron chi connectivity index (χ0n) is 6.33. The van der Waals surface area contributed by atoms with Crippen molar-refractivity contribution >= 4 is 0 Å². The van der Waals surface area contributed by atoms with Crippen molar-refractivity contribution in [3.63, 3.8) is 0 Å². The number of nitriles is 1. The Morgan fingerprint density at radius 3 is 2.64 bits per heavy atom. The average molecular weight is 144 g/mol. The van der Waals surface area contributed by atoms with Crippen LogP contribution in [0, 0.1) is 17.8 Å². The third-order valence-corrected chi connectivity index (χ3v) is 1.51. The smallest absolute Gasteiger partial charge is 0.0669 e. The van der Waals surface area contributed by atoms with Gasteiger partial charge in [0.05, 0.1) is 12.5 Å². The molecular weight excluding hydrogens is 134 g/mol. The normalized spacial score (nSPS) is 9.00. The molecule has 1 nitrogen and oxygen atoms in total. The summed E-state index contributed by atoms with van der Waals surface area (Å²) in [6, 6.07) is 12.2. The van der Waals surface area contributed by atoms with Crippen molar-refractivity contribution in [1.82, 2.24) is 0 Å². The highest BCUT2D eigenvalue weighted by molar-refractivity contribution is 5.15. The van der Waals surface area contributed by atoms with E-state index in [1.165, 1.54) is 5.56 Å². The standard InChI is InChI=1S/C10H10N/c11-9-5-4-8-10-6-2-1-3-7-10/h1-3,5-7H,4,8H2. The lowest BCUT2D eigenvalue weighted by molar-refractivity contribution is 0.965. The predicted octanol–water partition coefficient (Wildman–Crippen LogP) is 2.35. The molecule has 1 aromatic carbocycles. The van der Waals surface area contributed by atoms with Gasteiger partial charge in [-0.15, -0.1) is 0 Å². The van der Waals surface area contributed by atoms with E-state index >= 15 is 0 Å². The Balaban J connectivity index is 2.35. The topological polar surface area (TPSA) is 23.8 Å². The summed E-state index contributed by atoms with van der Waals surface area (Å²) in [6.45, 7) is 0. The molecule has 0 aliphatic heterocycles. The monoisotopic (exact) mass is 144 g/mol. The second-order valence-electron chi connectivity index (χ2n) is 2.36. The number of unbranched alkanes of at least 4 members (excludes halogenated alkanes) is 1. The summed E-state index contributed by atoms with van der Waals surface area (Å²) in [4.78, 5) is 0. The number of hydrogen-bond acceptors (Lipinski definition) is 1. The Labute approximate surface area is 67.3 Å². The molecule has 1 aromatic rings. The molecule has 0 unspecified atom stereocenters. The first-order valence-electron chi connectivity index (χ1n) is 3.68. The molecule has 0 saturated carbocycles. The fourth-order valence-corrected chi connectivity index (χ4v) is 0.948. The van der Waals surface area contributed by atoms with E-state index in [4.69, 9.17) is 5.26 Å². The minimum absolute atomic E-state index is 0.848. The molecule has 0 bridgehead atoms. The van der Waals surface area contributed by atoms with Gasteiger partial charge >= 0.3 is 0 Å². The Morgan fingerprint density at radius 2 is 2.00 bits per heavy atom. The summed E-state index contributed by atoms with van der Waals surface area (Å²) < 4.78 is 0. The summed E-state index contributed by atoms with van der Waals surface area (Å²) >= 11 is 0. The lowest BCUT2D eigenvalue weighted by Crippen LogP contribution is -1.83. The maximum Gasteiger partial charge on any atom is 0.0669 e. The molecule has 0 N–H and O–H groups in total. The Kier molecular flexibility index (Phi) is 3.21. The summed E-state index contributed by atoms with van der Waals surface area (Å²) in [5.74, 6) is 0. The molecule has 11 heavy (non-hydrogen) atoms. The van der Waals surface area contributed by atoms with E-state index in [9.17, 15) is 0 Å². The molecule has 0 atom stereocenters. The van der Waals surface area contributed by atoms with Crippen LogP contribution in [0.5, 0.6) is 0 Å². The van der Waals surface area contributed by atoms with Gasteiger partial charge in [0.15, 0.2) is 0 Å². The van der Waals surface area contributed by atoms with Crippen molar-refractivity contribution < 1.29 is 0 Å². The van der Waals surface area contributed by atoms with Crippen LogP contribution in [0.1, 0.15) is 12.0 Å². The fraction of sp³-hybridized carbons (Fsp3) is 0.200. The van der Waals surface area contributed by atoms with Crippen molar-refractivity contribution in [3.8, 4) is 6.07 Å². The molecule has 1 radical (unpaired) electrons. The summed E-state index contributed by atoms with van der Waals surface area (Å²) in [5, 5.41) is 8.24. The Morgan fingerprint density at radius 1 is 1.27 bits per heavy atom. The number of aryl methyl sites for hydroxylation is 1. The van der Waals surface area contributed by atoms with Gasteiger partial charge in [-0.3, -0.25) is 0 Å². The molecule has 0 amide bonds. The van der Waals surface area contributed by atoms with Gasteiger partial charge in [-0.25, -0.2) is 0 Å². The molecule has 1 rings (SSSR count). The van der Waals surface area contributed by atoms with Crippen molar-refractivity contribution in [2.24, 2.45) is 0 Å². The van der Waals surface area contributed by atoms with Gasteiger partial charge in [0.2, 0.25) is 0 Å². The number of benzene rings is 1. The largest absolute Gasteiger partial charge is 0.198 e. The minimum atomic E-state index is 0.848. The summed E-state index contributed by atoms with van der Waals surface area (Å²) in [6.07, 6.45) is 3.45. The van der Waals surface area contributed by atoms with Gasteiger partial charge in [0.1, 0.15) is 0 Å². The van der Waals surface area contributed by atoms with Gasteiger partial charge < -0.3 is 0 Å². The zero-order valence-corrected chi connectivity index (χ0v) is 6.33. The average Bonchev–Trinajstić information content (AvgIpc) is 2.07. The fourth-order valence-electron chi connectivity index (χ4n) is 0.948. The number of nitrogens with zero attached hydrogens (tertiary/aromatic N) is 1. The van der Waals surface area contributed by atoms with Crippen LogP contribution >= 0.6 is 0 Å². The quantitative estimate of drug-likeness (QED) is 0.597. The molecule has 0 fully saturated rings. The molecule has 0 aliphatic carbocycles. The second kappa shape index (κ2) is 4.51. The first-order chi connectivity index (χ1) is 5.43. The van der Waals surface area contributed by atoms with Crippen molar-refractivity contribution in [1.29, 1.82) is 5.26 Å². The van der Waals surface area contributed by atoms with Crippen LogP contribution in [0.15, 0.2) is 30.3 Å². The highest BCUT2D eigenvalue weighted by atomic mass is 14.2. The lowest BCUT2D eigenvalue weighted by Gasteiger charge is -1.95. The molecular formula is C10H10N. The maximum atomic E-state index is 8.24. The molecule has 1 heteroatoms. The van der Waals surface area contributed by atoms with Crippen LogP contribution < -0.4 is 0 Å². The molecule has 0 spiro atoms. The molecule has 0 saturated heterocycles. The Hall–Kier alpha value is -1.29. The van der Waals surface area contributed by atoms with Gasteiger partial charge in [0, 0.05) is 0 Å². The maximum absolute atomic E-state index is 8.24. The van der Waals surface area contributed by atoms with E-state index in [1.54, 1.807) is 6.42 Å². The first kappa shape index (κ1) is 7.81. The van der Waals surface area contributed by atoms with Crippen LogP contribution in [0.3, 0.4) is 0 Å². The summed E-state index contributed by atoms with van der Waals surface area (Å²) in [7, 11) is 0. The highest BCUT2D eigenvalue weighted by Crippen LogP contribution is 2.02. The van der Waals surface area contributed by atoms with E-state index < -0.39 is 0 Å². The predicted molar refractivity (Wildman–Crippen MR) is 44.7 cm³/mol. The Bertz CT molecular complexity index is 233. The lowest BCUT2D eigenvalue weighted by atomic mass is 10.1. The molecule has 0 heterocycles. The minimum Gasteiger partial charge on any atom is -0.198 e. The molecule has 0 aromatic heterocycles. The van der Waals surface area contributed by atoms with E-state index in [2.05, 4.69) is 12.1 Å². The second-order valence-corrected chi connectivity index (χ2v) is 2.36. The van der Waals surface area contributed by atoms with E-state index in [-0.39, 0.29) is 0 Å². The van der Waals surface area contributed by atoms with Crippen molar-refractivity contribution in [3.05, 3.63) is 42.3 Å². The zero-order chi connectivity index (χ0) is 7.94. The van der Waals surface area contributed by atoms with Gasteiger partial charge in [-0.05, 0) is 18.4 Å². The summed E-state index contributed by atoms with van der Waals surface area (Å²) in [5.41, 5.74) is 1.29. The van der Waals surface area contributed by atoms with Crippen LogP contribution in [-0.2, 0) is 6.42 Å². The van der Waals surface area contributed by atoms with E-state index in [0.29, 0.717) is 0 Å². The van der Waals surface area contributed by atoms with E-state index in [1.807, 2.05) is 24.3 Å². The van der Waals surface area contributed by atoms with Gasteiger partial charge in [0.25, 0.3) is 0 Å². The number of rotatable bonds is 3. The van der Waals surface area contributed by atoms with Crippen molar-refractivity contribution in [2.75, 3.05) is 0 Å². The molecule has 0 aliphatic rings. The van der Waals surface area contributed by atoms with Gasteiger partial charge in [-0.2, -0.15) is 5.26 Å². The van der Waals surface area contributed by atoms with E-state index in [0.717, 1.165) is 12.8 Å². The van der Waals surface area contributed by atoms with Crippen LogP contribution in [0.4, 0.5) is 0 Å².